The van der Waals surface area contributed by atoms with Crippen molar-refractivity contribution in [1.82, 2.24) is 0 Å². The third kappa shape index (κ3) is 7.10. The van der Waals surface area contributed by atoms with E-state index in [1.54, 1.807) is 12.4 Å². The molecule has 0 fully saturated rings. The average molecular weight is 321 g/mol. The lowest BCUT2D eigenvalue weighted by atomic mass is 10.1. The van der Waals surface area contributed by atoms with Crippen LogP contribution in [0.2, 0.25) is 0 Å². The number of unbranched alkanes of at least 4 members (excludes halogenated alkanes) is 6. The fourth-order valence-electron chi connectivity index (χ4n) is 2.92. The maximum absolute atomic E-state index is 11.0. The maximum atomic E-state index is 11.0. The van der Waals surface area contributed by atoms with Crippen molar-refractivity contribution in [2.45, 2.75) is 58.3 Å². The number of carbonyl (C=O) groups excluding carboxylic acids is 1. The van der Waals surface area contributed by atoms with Crippen LogP contribution in [0.15, 0.2) is 29.5 Å². The maximum Gasteiger partial charge on any atom is 0.211 e. The molecule has 1 aliphatic heterocycles. The van der Waals surface area contributed by atoms with Gasteiger partial charge in [-0.25, -0.2) is 9.48 Å². The Labute approximate surface area is 140 Å². The number of carboxylic acid groups (broad SMARTS) is 1. The van der Waals surface area contributed by atoms with Crippen molar-refractivity contribution in [2.75, 3.05) is 19.6 Å². The van der Waals surface area contributed by atoms with E-state index < -0.39 is 5.97 Å². The molecule has 0 saturated carbocycles. The van der Waals surface area contributed by atoms with Crippen LogP contribution in [-0.4, -0.2) is 35.9 Å². The van der Waals surface area contributed by atoms with Crippen LogP contribution in [0, 0.1) is 0 Å². The first-order valence-electron chi connectivity index (χ1n) is 8.81. The molecular weight excluding hydrogens is 290 g/mol. The highest BCUT2D eigenvalue weighted by Gasteiger charge is 2.33. The molecule has 0 spiro atoms. The van der Waals surface area contributed by atoms with E-state index in [-0.39, 0.29) is 11.0 Å². The number of nitrogens with two attached hydrogens (primary N) is 1. The van der Waals surface area contributed by atoms with Crippen molar-refractivity contribution in [2.24, 2.45) is 10.7 Å². The number of hydrogen-bond donors (Lipinski definition) is 1. The predicted molar refractivity (Wildman–Crippen MR) is 92.4 cm³/mol. The minimum absolute atomic E-state index is 0.0994. The number of aliphatic imine (C=N–C) groups is 1. The molecule has 0 bridgehead atoms. The molecule has 0 saturated heterocycles. The number of quaternary nitrogens is 1. The first-order chi connectivity index (χ1) is 11.1. The zero-order valence-corrected chi connectivity index (χ0v) is 14.4. The molecule has 5 heteroatoms. The van der Waals surface area contributed by atoms with Gasteiger partial charge in [-0.15, -0.1) is 0 Å². The quantitative estimate of drug-likeness (QED) is 0.320. The number of carbonyl (C=O) groups is 1. The summed E-state index contributed by atoms with van der Waals surface area (Å²) in [5, 5.41) is 11.0. The Morgan fingerprint density at radius 2 is 2.00 bits per heavy atom. The summed E-state index contributed by atoms with van der Waals surface area (Å²) in [6.07, 6.45) is 17.3. The average Bonchev–Trinajstić information content (AvgIpc) is 2.87. The molecular formula is C18H31N3O2. The van der Waals surface area contributed by atoms with E-state index in [2.05, 4.69) is 24.1 Å². The number of hydrogen-bond acceptors (Lipinski definition) is 4. The Balaban J connectivity index is 2.35. The predicted octanol–water partition coefficient (Wildman–Crippen LogP) is 2.09. The zero-order chi connectivity index (χ0) is 17.0. The molecule has 5 nitrogen and oxygen atoms in total. The molecule has 1 aliphatic rings. The van der Waals surface area contributed by atoms with Gasteiger partial charge < -0.3 is 15.6 Å². The van der Waals surface area contributed by atoms with Crippen LogP contribution < -0.4 is 10.8 Å². The number of rotatable bonds is 13. The van der Waals surface area contributed by atoms with Crippen LogP contribution >= 0.6 is 0 Å². The van der Waals surface area contributed by atoms with Crippen molar-refractivity contribution in [3.05, 3.63) is 24.6 Å². The van der Waals surface area contributed by atoms with E-state index in [4.69, 9.17) is 5.73 Å². The molecule has 0 aliphatic carbocycles. The van der Waals surface area contributed by atoms with E-state index in [0.717, 1.165) is 12.3 Å². The third-order valence-electron chi connectivity index (χ3n) is 4.22. The van der Waals surface area contributed by atoms with Crippen LogP contribution in [-0.2, 0) is 4.79 Å². The molecule has 0 amide bonds. The summed E-state index contributed by atoms with van der Waals surface area (Å²) in [5.74, 6) is -0.243. The Bertz CT molecular complexity index is 444. The molecule has 1 atom stereocenters. The number of nitrogens with zero attached hydrogens (tertiary/aromatic N) is 2. The molecule has 0 radical (unpaired) electrons. The van der Waals surface area contributed by atoms with E-state index in [0.29, 0.717) is 19.5 Å². The summed E-state index contributed by atoms with van der Waals surface area (Å²) in [4.78, 5) is 15.4. The zero-order valence-electron chi connectivity index (χ0n) is 14.4. The number of carboxylic acids is 1. The van der Waals surface area contributed by atoms with Gasteiger partial charge in [-0.05, 0) is 12.8 Å². The molecule has 130 valence electrons. The normalized spacial score (nSPS) is 20.3. The summed E-state index contributed by atoms with van der Waals surface area (Å²) in [5.41, 5.74) is 5.64. The minimum atomic E-state index is -1.08. The highest BCUT2D eigenvalue weighted by molar-refractivity contribution is 5.82. The van der Waals surface area contributed by atoms with Crippen molar-refractivity contribution in [3.63, 3.8) is 0 Å². The lowest BCUT2D eigenvalue weighted by Gasteiger charge is -2.32. The van der Waals surface area contributed by atoms with Crippen molar-refractivity contribution < 1.29 is 14.4 Å². The summed E-state index contributed by atoms with van der Waals surface area (Å²) in [7, 11) is 0. The van der Waals surface area contributed by atoms with Crippen molar-refractivity contribution in [1.29, 1.82) is 0 Å². The summed E-state index contributed by atoms with van der Waals surface area (Å²) >= 11 is 0. The highest BCUT2D eigenvalue weighted by Crippen LogP contribution is 2.19. The van der Waals surface area contributed by atoms with Gasteiger partial charge in [0.25, 0.3) is 0 Å². The molecule has 1 unspecified atom stereocenters. The van der Waals surface area contributed by atoms with E-state index >= 15 is 0 Å². The Kier molecular flexibility index (Phi) is 9.48. The molecule has 0 aromatic heterocycles. The Morgan fingerprint density at radius 3 is 2.70 bits per heavy atom. The fourth-order valence-corrected chi connectivity index (χ4v) is 2.92. The third-order valence-corrected chi connectivity index (χ3v) is 4.22. The van der Waals surface area contributed by atoms with Crippen molar-refractivity contribution in [3.8, 4) is 0 Å². The van der Waals surface area contributed by atoms with Crippen LogP contribution in [0.5, 0.6) is 0 Å². The molecule has 0 aromatic carbocycles. The smallest absolute Gasteiger partial charge is 0.211 e. The Morgan fingerprint density at radius 1 is 1.26 bits per heavy atom. The van der Waals surface area contributed by atoms with Gasteiger partial charge in [-0.2, -0.15) is 0 Å². The lowest BCUT2D eigenvalue weighted by molar-refractivity contribution is -0.780. The molecule has 1 rings (SSSR count). The van der Waals surface area contributed by atoms with Crippen molar-refractivity contribution >= 4 is 11.8 Å². The molecule has 1 heterocycles. The summed E-state index contributed by atoms with van der Waals surface area (Å²) in [6.45, 7) is 3.08. The highest BCUT2D eigenvalue weighted by atomic mass is 16.4. The first-order valence-corrected chi connectivity index (χ1v) is 8.81. The van der Waals surface area contributed by atoms with E-state index in [9.17, 15) is 9.90 Å². The fraction of sp³-hybridized carbons (Fsp3) is 0.667. The number of amidine groups is 1. The Hall–Kier alpha value is -1.46. The number of allylic oxidation sites excluding steroid dienone is 1. The van der Waals surface area contributed by atoms with Gasteiger partial charge in [0.2, 0.25) is 5.84 Å². The van der Waals surface area contributed by atoms with Crippen LogP contribution in [0.4, 0.5) is 0 Å². The van der Waals surface area contributed by atoms with Gasteiger partial charge in [0.15, 0.2) is 0 Å². The largest absolute Gasteiger partial charge is 0.544 e. The SMILES string of the molecule is CCCCCCCC/C=C/CC1=NC=C[N+]1(CCN)CC(=O)[O-]. The van der Waals surface area contributed by atoms with Crippen LogP contribution in [0.1, 0.15) is 58.3 Å². The van der Waals surface area contributed by atoms with Gasteiger partial charge in [0.1, 0.15) is 19.3 Å². The standard InChI is InChI=1S/C18H31N3O2/c1-2-3-4-5-6-7-8-9-10-11-17-20-13-15-21(17,14-12-19)16-18(22)23/h9-10,13,15H,2-8,11-12,14,16,19H2,1H3/b10-9+. The summed E-state index contributed by atoms with van der Waals surface area (Å²) < 4.78 is 0.195. The van der Waals surface area contributed by atoms with Gasteiger partial charge in [-0.3, -0.25) is 0 Å². The first kappa shape index (κ1) is 19.6. The molecule has 23 heavy (non-hydrogen) atoms. The molecule has 0 aromatic rings. The second-order valence-electron chi connectivity index (χ2n) is 6.15. The second-order valence-corrected chi connectivity index (χ2v) is 6.15. The van der Waals surface area contributed by atoms with Crippen LogP contribution in [0.3, 0.4) is 0 Å². The monoisotopic (exact) mass is 321 g/mol. The lowest BCUT2D eigenvalue weighted by Crippen LogP contribution is -2.54. The second kappa shape index (κ2) is 11.1. The van der Waals surface area contributed by atoms with Gasteiger partial charge in [0, 0.05) is 6.54 Å². The van der Waals surface area contributed by atoms with Gasteiger partial charge in [0.05, 0.1) is 18.6 Å². The van der Waals surface area contributed by atoms with E-state index in [1.165, 1.54) is 38.5 Å². The van der Waals surface area contributed by atoms with Gasteiger partial charge in [-0.1, -0.05) is 51.2 Å². The minimum Gasteiger partial charge on any atom is -0.544 e. The summed E-state index contributed by atoms with van der Waals surface area (Å²) in [6, 6.07) is 0. The number of aliphatic carboxylic acids is 1. The topological polar surface area (TPSA) is 78.5 Å². The van der Waals surface area contributed by atoms with Gasteiger partial charge >= 0.3 is 0 Å². The van der Waals surface area contributed by atoms with E-state index in [1.807, 2.05) is 0 Å². The molecule has 2 N–H and O–H groups in total. The van der Waals surface area contributed by atoms with Crippen LogP contribution in [0.25, 0.3) is 0 Å².